The summed E-state index contributed by atoms with van der Waals surface area (Å²) in [7, 11) is 0. The van der Waals surface area contributed by atoms with Gasteiger partial charge in [-0.1, -0.05) is 12.1 Å². The zero-order valence-corrected chi connectivity index (χ0v) is 14.4. The highest BCUT2D eigenvalue weighted by atomic mass is 19.3. The summed E-state index contributed by atoms with van der Waals surface area (Å²) >= 11 is 0. The van der Waals surface area contributed by atoms with Gasteiger partial charge in [-0.15, -0.1) is 8.78 Å². The second kappa shape index (κ2) is 6.73. The van der Waals surface area contributed by atoms with Crippen molar-refractivity contribution in [3.05, 3.63) is 53.1 Å². The van der Waals surface area contributed by atoms with Gasteiger partial charge in [0.2, 0.25) is 5.91 Å². The van der Waals surface area contributed by atoms with Crippen LogP contribution in [0.4, 0.5) is 14.5 Å². The molecule has 0 saturated carbocycles. The first-order valence-corrected chi connectivity index (χ1v) is 8.32. The van der Waals surface area contributed by atoms with Crippen molar-refractivity contribution in [3.63, 3.8) is 0 Å². The maximum Gasteiger partial charge on any atom is 0.586 e. The number of benzene rings is 2. The van der Waals surface area contributed by atoms with E-state index < -0.39 is 12.2 Å². The lowest BCUT2D eigenvalue weighted by Gasteiger charge is -2.20. The fourth-order valence-electron chi connectivity index (χ4n) is 3.24. The Morgan fingerprint density at radius 1 is 1.25 bits per heavy atom. The molecule has 0 aromatic heterocycles. The smallest absolute Gasteiger partial charge is 0.395 e. The van der Waals surface area contributed by atoms with Crippen molar-refractivity contribution >= 4 is 17.5 Å². The van der Waals surface area contributed by atoms with Gasteiger partial charge in [0.15, 0.2) is 11.5 Å². The SMILES string of the molecule is O=C1CN(Cc2cccc3c2OC(F)(F)O3)Cc2cc(C(=O)NO)ccc2N1. The number of halogens is 2. The molecule has 2 heterocycles. The Kier molecular flexibility index (Phi) is 4.36. The normalized spacial score (nSPS) is 17.5. The lowest BCUT2D eigenvalue weighted by Crippen LogP contribution is -2.30. The number of rotatable bonds is 3. The molecule has 0 aliphatic carbocycles. The minimum absolute atomic E-state index is 0.0110. The molecule has 0 atom stereocenters. The standard InChI is InChI=1S/C18H15F2N3O5/c19-18(20)27-14-3-1-2-11(16(14)28-18)7-23-8-12-6-10(17(25)22-26)4-5-13(12)21-15(24)9-23/h1-6,26H,7-9H2,(H,21,24)(H,22,25). The fourth-order valence-corrected chi connectivity index (χ4v) is 3.24. The molecule has 3 N–H and O–H groups in total. The van der Waals surface area contributed by atoms with Crippen LogP contribution in [0.2, 0.25) is 0 Å². The number of carbonyl (C=O) groups excluding carboxylic acids is 2. The molecule has 0 fully saturated rings. The number of hydrogen-bond acceptors (Lipinski definition) is 6. The largest absolute Gasteiger partial charge is 0.586 e. The summed E-state index contributed by atoms with van der Waals surface area (Å²) in [4.78, 5) is 25.6. The number of hydroxylamine groups is 1. The first-order chi connectivity index (χ1) is 13.3. The van der Waals surface area contributed by atoms with Crippen LogP contribution in [0.15, 0.2) is 36.4 Å². The summed E-state index contributed by atoms with van der Waals surface area (Å²) in [5, 5.41) is 11.5. The van der Waals surface area contributed by atoms with Crippen LogP contribution in [-0.2, 0) is 17.9 Å². The Balaban J connectivity index is 1.61. The number of nitrogens with one attached hydrogen (secondary N) is 2. The maximum atomic E-state index is 13.4. The molecular formula is C18H15F2N3O5. The van der Waals surface area contributed by atoms with Crippen molar-refractivity contribution in [3.8, 4) is 11.5 Å². The molecule has 2 aliphatic rings. The molecule has 0 bridgehead atoms. The van der Waals surface area contributed by atoms with E-state index in [1.165, 1.54) is 12.1 Å². The number of amides is 2. The van der Waals surface area contributed by atoms with Crippen molar-refractivity contribution < 1.29 is 33.1 Å². The number of ether oxygens (including phenoxy) is 2. The van der Waals surface area contributed by atoms with Gasteiger partial charge in [-0.05, 0) is 29.8 Å². The summed E-state index contributed by atoms with van der Waals surface area (Å²) in [6.45, 7) is 0.421. The van der Waals surface area contributed by atoms with E-state index in [4.69, 9.17) is 5.21 Å². The quantitative estimate of drug-likeness (QED) is 0.547. The van der Waals surface area contributed by atoms with Gasteiger partial charge in [-0.2, -0.15) is 0 Å². The zero-order chi connectivity index (χ0) is 19.9. The van der Waals surface area contributed by atoms with Crippen LogP contribution in [0, 0.1) is 0 Å². The first-order valence-electron chi connectivity index (χ1n) is 8.32. The van der Waals surface area contributed by atoms with E-state index in [2.05, 4.69) is 14.8 Å². The van der Waals surface area contributed by atoms with E-state index in [0.717, 1.165) is 0 Å². The lowest BCUT2D eigenvalue weighted by molar-refractivity contribution is -0.287. The van der Waals surface area contributed by atoms with Gasteiger partial charge < -0.3 is 14.8 Å². The minimum Gasteiger partial charge on any atom is -0.395 e. The summed E-state index contributed by atoms with van der Waals surface area (Å²) < 4.78 is 35.8. The third-order valence-corrected chi connectivity index (χ3v) is 4.41. The molecule has 0 radical (unpaired) electrons. The number of carbonyl (C=O) groups is 2. The number of para-hydroxylation sites is 1. The van der Waals surface area contributed by atoms with E-state index in [9.17, 15) is 18.4 Å². The van der Waals surface area contributed by atoms with Crippen LogP contribution >= 0.6 is 0 Å². The molecule has 2 aliphatic heterocycles. The molecule has 0 spiro atoms. The molecule has 146 valence electrons. The second-order valence-electron chi connectivity index (χ2n) is 6.42. The van der Waals surface area contributed by atoms with E-state index in [-0.39, 0.29) is 42.6 Å². The molecule has 2 aromatic carbocycles. The van der Waals surface area contributed by atoms with Crippen molar-refractivity contribution in [2.45, 2.75) is 19.4 Å². The highest BCUT2D eigenvalue weighted by Crippen LogP contribution is 2.43. The lowest BCUT2D eigenvalue weighted by atomic mass is 10.1. The van der Waals surface area contributed by atoms with E-state index in [1.807, 2.05) is 0 Å². The van der Waals surface area contributed by atoms with E-state index in [0.29, 0.717) is 16.8 Å². The number of anilines is 1. The fraction of sp³-hybridized carbons (Fsp3) is 0.222. The number of nitrogens with zero attached hydrogens (tertiary/aromatic N) is 1. The third-order valence-electron chi connectivity index (χ3n) is 4.41. The van der Waals surface area contributed by atoms with E-state index in [1.54, 1.807) is 34.6 Å². The van der Waals surface area contributed by atoms with Crippen molar-refractivity contribution in [2.75, 3.05) is 11.9 Å². The third kappa shape index (κ3) is 3.47. The van der Waals surface area contributed by atoms with Crippen LogP contribution in [0.25, 0.3) is 0 Å². The molecule has 28 heavy (non-hydrogen) atoms. The van der Waals surface area contributed by atoms with Crippen LogP contribution < -0.4 is 20.3 Å². The Bertz CT molecular complexity index is 966. The van der Waals surface area contributed by atoms with Crippen LogP contribution in [0.3, 0.4) is 0 Å². The molecule has 0 saturated heterocycles. The Hall–Kier alpha value is -3.24. The molecule has 0 unspecified atom stereocenters. The Morgan fingerprint density at radius 2 is 2.07 bits per heavy atom. The number of hydrogen-bond donors (Lipinski definition) is 3. The molecule has 4 rings (SSSR count). The van der Waals surface area contributed by atoms with E-state index >= 15 is 0 Å². The van der Waals surface area contributed by atoms with Crippen molar-refractivity contribution in [1.29, 1.82) is 0 Å². The number of alkyl halides is 2. The predicted molar refractivity (Wildman–Crippen MR) is 91.1 cm³/mol. The predicted octanol–water partition coefficient (Wildman–Crippen LogP) is 2.08. The van der Waals surface area contributed by atoms with Gasteiger partial charge in [-0.25, -0.2) is 5.48 Å². The van der Waals surface area contributed by atoms with Gasteiger partial charge in [0.05, 0.1) is 6.54 Å². The van der Waals surface area contributed by atoms with Gasteiger partial charge in [0.25, 0.3) is 5.91 Å². The monoisotopic (exact) mass is 391 g/mol. The minimum atomic E-state index is -3.73. The molecule has 10 heteroatoms. The molecule has 2 aromatic rings. The molecule has 2 amide bonds. The van der Waals surface area contributed by atoms with Crippen LogP contribution in [-0.4, -0.2) is 34.8 Å². The topological polar surface area (TPSA) is 100 Å². The van der Waals surface area contributed by atoms with Gasteiger partial charge >= 0.3 is 6.29 Å². The second-order valence-corrected chi connectivity index (χ2v) is 6.42. The van der Waals surface area contributed by atoms with Gasteiger partial charge in [0, 0.05) is 29.9 Å². The Labute approximate surface area is 157 Å². The average molecular weight is 391 g/mol. The maximum absolute atomic E-state index is 13.4. The van der Waals surface area contributed by atoms with Crippen LogP contribution in [0.5, 0.6) is 11.5 Å². The molecular weight excluding hydrogens is 376 g/mol. The first kappa shape index (κ1) is 18.1. The summed E-state index contributed by atoms with van der Waals surface area (Å²) in [5.41, 5.74) is 3.39. The zero-order valence-electron chi connectivity index (χ0n) is 14.4. The van der Waals surface area contributed by atoms with Crippen molar-refractivity contribution in [2.24, 2.45) is 0 Å². The van der Waals surface area contributed by atoms with Crippen LogP contribution in [0.1, 0.15) is 21.5 Å². The van der Waals surface area contributed by atoms with Gasteiger partial charge in [-0.3, -0.25) is 19.7 Å². The average Bonchev–Trinajstić information content (AvgIpc) is 2.87. The highest BCUT2D eigenvalue weighted by molar-refractivity contribution is 5.97. The molecule has 8 nitrogen and oxygen atoms in total. The van der Waals surface area contributed by atoms with Crippen molar-refractivity contribution in [1.82, 2.24) is 10.4 Å². The summed E-state index contributed by atoms with van der Waals surface area (Å²) in [6, 6.07) is 9.14. The highest BCUT2D eigenvalue weighted by Gasteiger charge is 2.44. The summed E-state index contributed by atoms with van der Waals surface area (Å²) in [5.74, 6) is -1.10. The summed E-state index contributed by atoms with van der Waals surface area (Å²) in [6.07, 6.45) is -3.73. The Morgan fingerprint density at radius 3 is 2.86 bits per heavy atom. The van der Waals surface area contributed by atoms with Gasteiger partial charge in [0.1, 0.15) is 0 Å². The number of fused-ring (bicyclic) bond motifs is 2.